The Morgan fingerprint density at radius 2 is 2.00 bits per heavy atom. The highest BCUT2D eigenvalue weighted by Gasteiger charge is 2.08. The molecule has 0 unspecified atom stereocenters. The van der Waals surface area contributed by atoms with Crippen molar-refractivity contribution in [1.82, 2.24) is 10.3 Å². The van der Waals surface area contributed by atoms with E-state index in [1.807, 2.05) is 31.2 Å². The predicted octanol–water partition coefficient (Wildman–Crippen LogP) is 4.81. The fourth-order valence-corrected chi connectivity index (χ4v) is 2.42. The number of hydrogen-bond donors (Lipinski definition) is 2. The van der Waals surface area contributed by atoms with Crippen molar-refractivity contribution < 1.29 is 13.6 Å². The summed E-state index contributed by atoms with van der Waals surface area (Å²) in [5.41, 5.74) is 3.12. The van der Waals surface area contributed by atoms with Gasteiger partial charge in [-0.05, 0) is 37.3 Å². The zero-order valence-corrected chi connectivity index (χ0v) is 14.8. The molecule has 7 heteroatoms. The van der Waals surface area contributed by atoms with Crippen LogP contribution in [0.4, 0.5) is 14.9 Å². The minimum atomic E-state index is -0.587. The van der Waals surface area contributed by atoms with E-state index in [0.717, 1.165) is 22.9 Å². The Hall–Kier alpha value is -2.86. The minimum absolute atomic E-state index is 0.00590. The van der Waals surface area contributed by atoms with E-state index in [2.05, 4.69) is 15.6 Å². The second-order valence-corrected chi connectivity index (χ2v) is 6.18. The van der Waals surface area contributed by atoms with Crippen LogP contribution in [0.25, 0.3) is 11.5 Å². The summed E-state index contributed by atoms with van der Waals surface area (Å²) in [6.07, 6.45) is 2.08. The number of nitrogens with zero attached hydrogens (tertiary/aromatic N) is 1. The molecule has 0 aliphatic rings. The first kappa shape index (κ1) is 17.9. The molecule has 3 aromatic rings. The lowest BCUT2D eigenvalue weighted by Gasteiger charge is -2.07. The van der Waals surface area contributed by atoms with E-state index >= 15 is 0 Å². The number of rotatable bonds is 5. The van der Waals surface area contributed by atoms with Crippen molar-refractivity contribution in [2.75, 3.05) is 11.9 Å². The summed E-state index contributed by atoms with van der Waals surface area (Å²) >= 11 is 5.60. The summed E-state index contributed by atoms with van der Waals surface area (Å²) in [6, 6.07) is 11.5. The van der Waals surface area contributed by atoms with Gasteiger partial charge in [0.25, 0.3) is 0 Å². The van der Waals surface area contributed by atoms with Gasteiger partial charge in [-0.1, -0.05) is 29.3 Å². The average molecular weight is 374 g/mol. The maximum absolute atomic E-state index is 13.3. The van der Waals surface area contributed by atoms with Gasteiger partial charge >= 0.3 is 6.03 Å². The van der Waals surface area contributed by atoms with Crippen molar-refractivity contribution in [3.8, 4) is 11.5 Å². The molecule has 0 saturated carbocycles. The number of amides is 2. The van der Waals surface area contributed by atoms with Crippen LogP contribution in [0, 0.1) is 12.7 Å². The standard InChI is InChI=1S/C19H17ClFN3O2/c1-12-2-4-13(5-3-12)18-23-15(11-26-18)8-9-22-19(25)24-14-6-7-16(20)17(21)10-14/h2-7,10-11H,8-9H2,1H3,(H2,22,24,25). The van der Waals surface area contributed by atoms with Crippen molar-refractivity contribution >= 4 is 23.3 Å². The van der Waals surface area contributed by atoms with E-state index < -0.39 is 11.8 Å². The van der Waals surface area contributed by atoms with Gasteiger partial charge in [0.05, 0.1) is 10.7 Å². The lowest BCUT2D eigenvalue weighted by Crippen LogP contribution is -2.30. The highest BCUT2D eigenvalue weighted by Crippen LogP contribution is 2.20. The van der Waals surface area contributed by atoms with Gasteiger partial charge in [0.1, 0.15) is 12.1 Å². The Labute approximate surface area is 155 Å². The van der Waals surface area contributed by atoms with Crippen molar-refractivity contribution in [1.29, 1.82) is 0 Å². The molecular formula is C19H17ClFN3O2. The number of benzene rings is 2. The Kier molecular flexibility index (Phi) is 5.53. The molecule has 0 aliphatic heterocycles. The van der Waals surface area contributed by atoms with Crippen LogP contribution in [0.5, 0.6) is 0 Å². The molecule has 0 aliphatic carbocycles. The average Bonchev–Trinajstić information content (AvgIpc) is 3.08. The molecule has 2 amide bonds. The highest BCUT2D eigenvalue weighted by molar-refractivity contribution is 6.30. The third kappa shape index (κ3) is 4.61. The van der Waals surface area contributed by atoms with E-state index in [1.54, 1.807) is 6.26 Å². The normalized spacial score (nSPS) is 10.6. The summed E-state index contributed by atoms with van der Waals surface area (Å²) in [5.74, 6) is -0.0446. The molecule has 0 bridgehead atoms. The largest absolute Gasteiger partial charge is 0.444 e. The first-order valence-corrected chi connectivity index (χ1v) is 8.40. The molecule has 3 rings (SSSR count). The van der Waals surface area contributed by atoms with E-state index in [9.17, 15) is 9.18 Å². The third-order valence-electron chi connectivity index (χ3n) is 3.69. The summed E-state index contributed by atoms with van der Waals surface area (Å²) < 4.78 is 18.8. The maximum Gasteiger partial charge on any atom is 0.319 e. The van der Waals surface area contributed by atoms with E-state index in [-0.39, 0.29) is 5.02 Å². The number of oxazole rings is 1. The maximum atomic E-state index is 13.3. The first-order valence-electron chi connectivity index (χ1n) is 8.02. The van der Waals surface area contributed by atoms with Crippen LogP contribution in [0.1, 0.15) is 11.3 Å². The molecule has 1 heterocycles. The van der Waals surface area contributed by atoms with Gasteiger partial charge in [-0.3, -0.25) is 0 Å². The Morgan fingerprint density at radius 1 is 1.23 bits per heavy atom. The van der Waals surface area contributed by atoms with E-state index in [4.69, 9.17) is 16.0 Å². The summed E-state index contributed by atoms with van der Waals surface area (Å²) in [5, 5.41) is 5.23. The molecule has 2 aromatic carbocycles. The van der Waals surface area contributed by atoms with Gasteiger partial charge in [-0.25, -0.2) is 14.2 Å². The summed E-state index contributed by atoms with van der Waals surface area (Å²) in [7, 11) is 0. The molecule has 0 atom stereocenters. The van der Waals surface area contributed by atoms with Crippen molar-refractivity contribution in [2.24, 2.45) is 0 Å². The van der Waals surface area contributed by atoms with Crippen molar-refractivity contribution in [3.63, 3.8) is 0 Å². The van der Waals surface area contributed by atoms with Crippen LogP contribution in [0.2, 0.25) is 5.02 Å². The van der Waals surface area contributed by atoms with Crippen LogP contribution in [0.15, 0.2) is 53.1 Å². The Morgan fingerprint density at radius 3 is 2.73 bits per heavy atom. The van der Waals surface area contributed by atoms with Gasteiger partial charge < -0.3 is 15.1 Å². The number of carbonyl (C=O) groups excluding carboxylic acids is 1. The fourth-order valence-electron chi connectivity index (χ4n) is 2.30. The quantitative estimate of drug-likeness (QED) is 0.674. The Balaban J connectivity index is 1.49. The monoisotopic (exact) mass is 373 g/mol. The number of halogens is 2. The number of carbonyl (C=O) groups is 1. The molecule has 134 valence electrons. The summed E-state index contributed by atoms with van der Waals surface area (Å²) in [6.45, 7) is 2.38. The fraction of sp³-hybridized carbons (Fsp3) is 0.158. The number of urea groups is 1. The topological polar surface area (TPSA) is 67.2 Å². The molecule has 0 saturated heterocycles. The van der Waals surface area contributed by atoms with Crippen molar-refractivity contribution in [3.05, 3.63) is 70.8 Å². The van der Waals surface area contributed by atoms with Crippen LogP contribution in [-0.2, 0) is 6.42 Å². The summed E-state index contributed by atoms with van der Waals surface area (Å²) in [4.78, 5) is 16.2. The molecule has 5 nitrogen and oxygen atoms in total. The number of anilines is 1. The van der Waals surface area contributed by atoms with Gasteiger partial charge in [-0.2, -0.15) is 0 Å². The molecule has 1 aromatic heterocycles. The van der Waals surface area contributed by atoms with Gasteiger partial charge in [0.2, 0.25) is 5.89 Å². The van der Waals surface area contributed by atoms with Crippen LogP contribution >= 0.6 is 11.6 Å². The van der Waals surface area contributed by atoms with Gasteiger partial charge in [-0.15, -0.1) is 0 Å². The highest BCUT2D eigenvalue weighted by atomic mass is 35.5. The van der Waals surface area contributed by atoms with Crippen LogP contribution in [-0.4, -0.2) is 17.6 Å². The van der Waals surface area contributed by atoms with E-state index in [1.165, 1.54) is 12.1 Å². The number of aryl methyl sites for hydroxylation is 1. The predicted molar refractivity (Wildman–Crippen MR) is 98.8 cm³/mol. The molecule has 26 heavy (non-hydrogen) atoms. The van der Waals surface area contributed by atoms with Gasteiger partial charge in [0, 0.05) is 24.2 Å². The zero-order valence-electron chi connectivity index (χ0n) is 14.1. The second-order valence-electron chi connectivity index (χ2n) is 5.77. The van der Waals surface area contributed by atoms with E-state index in [0.29, 0.717) is 24.5 Å². The second kappa shape index (κ2) is 8.01. The Bertz CT molecular complexity index is 909. The molecule has 0 radical (unpaired) electrons. The van der Waals surface area contributed by atoms with Crippen molar-refractivity contribution in [2.45, 2.75) is 13.3 Å². The number of hydrogen-bond acceptors (Lipinski definition) is 3. The smallest absolute Gasteiger partial charge is 0.319 e. The lowest BCUT2D eigenvalue weighted by molar-refractivity contribution is 0.252. The van der Waals surface area contributed by atoms with Crippen LogP contribution in [0.3, 0.4) is 0 Å². The zero-order chi connectivity index (χ0) is 18.5. The number of nitrogens with one attached hydrogen (secondary N) is 2. The minimum Gasteiger partial charge on any atom is -0.444 e. The number of aromatic nitrogens is 1. The third-order valence-corrected chi connectivity index (χ3v) is 4.00. The first-order chi connectivity index (χ1) is 12.5. The molecular weight excluding hydrogens is 357 g/mol. The lowest BCUT2D eigenvalue weighted by atomic mass is 10.1. The SMILES string of the molecule is Cc1ccc(-c2nc(CCNC(=O)Nc3ccc(Cl)c(F)c3)co2)cc1. The molecule has 0 spiro atoms. The van der Waals surface area contributed by atoms with Gasteiger partial charge in [0.15, 0.2) is 0 Å². The van der Waals surface area contributed by atoms with Crippen LogP contribution < -0.4 is 10.6 Å². The molecule has 0 fully saturated rings. The molecule has 2 N–H and O–H groups in total.